The summed E-state index contributed by atoms with van der Waals surface area (Å²) in [6, 6.07) is 7.58. The minimum atomic E-state index is -1.15. The van der Waals surface area contributed by atoms with Crippen molar-refractivity contribution in [3.05, 3.63) is 46.5 Å². The molecule has 2 aromatic carbocycles. The van der Waals surface area contributed by atoms with Crippen LogP contribution in [0.15, 0.2) is 24.3 Å². The topological polar surface area (TPSA) is 95.9 Å². The van der Waals surface area contributed by atoms with E-state index in [1.807, 2.05) is 24.3 Å². The standard InChI is InChI=1S/C22H23NO8/c1-23(22(25)26-2)6-5-12-7-17-18(29-10-28-17)9-14(12)16-8-13-3-4-15-20(30-11-27-15)19(13)21(24)31-16/h3-4,7,9,16,21,24H,5-6,8,10-11H2,1-2H3. The smallest absolute Gasteiger partial charge is 0.409 e. The number of aliphatic hydroxyl groups excluding tert-OH is 1. The highest BCUT2D eigenvalue weighted by atomic mass is 16.7. The van der Waals surface area contributed by atoms with Crippen molar-refractivity contribution < 1.29 is 38.3 Å². The van der Waals surface area contributed by atoms with Gasteiger partial charge in [0.15, 0.2) is 29.3 Å². The van der Waals surface area contributed by atoms with E-state index in [4.69, 9.17) is 28.4 Å². The zero-order valence-corrected chi connectivity index (χ0v) is 17.3. The lowest BCUT2D eigenvalue weighted by atomic mass is 9.90. The zero-order chi connectivity index (χ0) is 21.5. The molecule has 0 bridgehead atoms. The number of benzene rings is 2. The third kappa shape index (κ3) is 3.49. The zero-order valence-electron chi connectivity index (χ0n) is 17.3. The number of rotatable bonds is 4. The summed E-state index contributed by atoms with van der Waals surface area (Å²) >= 11 is 0. The third-order valence-corrected chi connectivity index (χ3v) is 5.80. The summed E-state index contributed by atoms with van der Waals surface area (Å²) < 4.78 is 32.8. The molecule has 31 heavy (non-hydrogen) atoms. The van der Waals surface area contributed by atoms with Crippen LogP contribution in [0.2, 0.25) is 0 Å². The highest BCUT2D eigenvalue weighted by Gasteiger charge is 2.35. The number of methoxy groups -OCH3 is 1. The Morgan fingerprint density at radius 1 is 1.13 bits per heavy atom. The Balaban J connectivity index is 1.46. The van der Waals surface area contributed by atoms with Crippen molar-refractivity contribution in [2.75, 3.05) is 34.3 Å². The molecule has 9 nitrogen and oxygen atoms in total. The van der Waals surface area contributed by atoms with Crippen LogP contribution in [0.25, 0.3) is 0 Å². The first-order valence-corrected chi connectivity index (χ1v) is 10.0. The maximum Gasteiger partial charge on any atom is 0.409 e. The molecule has 1 amide bonds. The Morgan fingerprint density at radius 3 is 2.68 bits per heavy atom. The Labute approximate surface area is 179 Å². The molecule has 0 saturated heterocycles. The van der Waals surface area contributed by atoms with Crippen LogP contribution in [-0.2, 0) is 22.3 Å². The number of carbonyl (C=O) groups is 1. The summed E-state index contributed by atoms with van der Waals surface area (Å²) in [6.07, 6.45) is -0.863. The van der Waals surface area contributed by atoms with Crippen LogP contribution in [-0.4, -0.2) is 50.4 Å². The second kappa shape index (κ2) is 7.82. The molecule has 9 heteroatoms. The van der Waals surface area contributed by atoms with Gasteiger partial charge in [0, 0.05) is 20.0 Å². The molecule has 0 spiro atoms. The van der Waals surface area contributed by atoms with E-state index in [1.165, 1.54) is 12.0 Å². The number of amides is 1. The Hall–Kier alpha value is -3.17. The number of likely N-dealkylation sites (N-methyl/N-ethyl adjacent to an activating group) is 1. The molecule has 164 valence electrons. The van der Waals surface area contributed by atoms with E-state index in [-0.39, 0.29) is 13.6 Å². The van der Waals surface area contributed by atoms with Crippen molar-refractivity contribution >= 4 is 6.09 Å². The van der Waals surface area contributed by atoms with Crippen LogP contribution in [0.1, 0.15) is 34.6 Å². The number of ether oxygens (including phenoxy) is 6. The lowest BCUT2D eigenvalue weighted by Gasteiger charge is -2.31. The fourth-order valence-electron chi connectivity index (χ4n) is 4.19. The monoisotopic (exact) mass is 429 g/mol. The summed E-state index contributed by atoms with van der Waals surface area (Å²) in [5.41, 5.74) is 3.37. The number of hydrogen-bond donors (Lipinski definition) is 1. The predicted octanol–water partition coefficient (Wildman–Crippen LogP) is 2.69. The van der Waals surface area contributed by atoms with Crippen LogP contribution in [0.5, 0.6) is 23.0 Å². The van der Waals surface area contributed by atoms with Crippen molar-refractivity contribution in [3.8, 4) is 23.0 Å². The van der Waals surface area contributed by atoms with Crippen LogP contribution in [0.4, 0.5) is 4.79 Å². The number of hydrogen-bond acceptors (Lipinski definition) is 8. The lowest BCUT2D eigenvalue weighted by molar-refractivity contribution is -0.152. The summed E-state index contributed by atoms with van der Waals surface area (Å²) in [4.78, 5) is 13.3. The van der Waals surface area contributed by atoms with Crippen molar-refractivity contribution in [1.29, 1.82) is 0 Å². The molecule has 0 aliphatic carbocycles. The SMILES string of the molecule is COC(=O)N(C)CCc1cc2c(cc1C1Cc3ccc4c(c3C(O)O1)OCO4)OCO2. The van der Waals surface area contributed by atoms with Gasteiger partial charge in [-0.05, 0) is 41.3 Å². The highest BCUT2D eigenvalue weighted by Crippen LogP contribution is 2.48. The lowest BCUT2D eigenvalue weighted by Crippen LogP contribution is -2.29. The van der Waals surface area contributed by atoms with E-state index in [9.17, 15) is 9.90 Å². The molecule has 0 saturated carbocycles. The van der Waals surface area contributed by atoms with Gasteiger partial charge in [-0.3, -0.25) is 0 Å². The van der Waals surface area contributed by atoms with Crippen LogP contribution in [0, 0.1) is 0 Å². The van der Waals surface area contributed by atoms with Gasteiger partial charge in [-0.25, -0.2) is 4.79 Å². The predicted molar refractivity (Wildman–Crippen MR) is 106 cm³/mol. The maximum atomic E-state index is 11.8. The fourth-order valence-corrected chi connectivity index (χ4v) is 4.19. The first-order chi connectivity index (χ1) is 15.0. The average molecular weight is 429 g/mol. The normalized spacial score (nSPS) is 20.4. The van der Waals surface area contributed by atoms with E-state index < -0.39 is 18.5 Å². The molecule has 3 heterocycles. The molecule has 0 radical (unpaired) electrons. The minimum Gasteiger partial charge on any atom is -0.454 e. The Morgan fingerprint density at radius 2 is 1.87 bits per heavy atom. The number of carbonyl (C=O) groups excluding carboxylic acids is 1. The van der Waals surface area contributed by atoms with E-state index >= 15 is 0 Å². The molecule has 3 aliphatic rings. The molecule has 0 aromatic heterocycles. The van der Waals surface area contributed by atoms with E-state index in [2.05, 4.69) is 0 Å². The summed E-state index contributed by atoms with van der Waals surface area (Å²) in [6.45, 7) is 0.729. The van der Waals surface area contributed by atoms with Gasteiger partial charge >= 0.3 is 6.09 Å². The van der Waals surface area contributed by atoms with Gasteiger partial charge in [0.1, 0.15) is 0 Å². The summed E-state index contributed by atoms with van der Waals surface area (Å²) in [5, 5.41) is 10.8. The van der Waals surface area contributed by atoms with E-state index in [0.717, 1.165) is 16.7 Å². The van der Waals surface area contributed by atoms with Gasteiger partial charge in [0.2, 0.25) is 13.6 Å². The van der Waals surface area contributed by atoms with Crippen LogP contribution in [0.3, 0.4) is 0 Å². The van der Waals surface area contributed by atoms with Gasteiger partial charge in [0.25, 0.3) is 0 Å². The molecule has 0 fully saturated rings. The van der Waals surface area contributed by atoms with Gasteiger partial charge in [-0.1, -0.05) is 6.07 Å². The second-order valence-electron chi connectivity index (χ2n) is 7.60. The summed E-state index contributed by atoms with van der Waals surface area (Å²) in [7, 11) is 3.03. The first kappa shape index (κ1) is 19.8. The number of aliphatic hydroxyl groups is 1. The molecule has 2 aromatic rings. The minimum absolute atomic E-state index is 0.127. The van der Waals surface area contributed by atoms with Crippen molar-refractivity contribution in [2.24, 2.45) is 0 Å². The molecular weight excluding hydrogens is 406 g/mol. The maximum absolute atomic E-state index is 11.8. The van der Waals surface area contributed by atoms with E-state index in [0.29, 0.717) is 47.9 Å². The van der Waals surface area contributed by atoms with Crippen LogP contribution >= 0.6 is 0 Å². The number of fused-ring (bicyclic) bond motifs is 4. The highest BCUT2D eigenvalue weighted by molar-refractivity contribution is 5.67. The van der Waals surface area contributed by atoms with E-state index in [1.54, 1.807) is 7.05 Å². The van der Waals surface area contributed by atoms with Gasteiger partial charge in [-0.2, -0.15) is 0 Å². The molecule has 5 rings (SSSR count). The van der Waals surface area contributed by atoms with Gasteiger partial charge in [-0.15, -0.1) is 0 Å². The Kier molecular flexibility index (Phi) is 4.99. The van der Waals surface area contributed by atoms with Gasteiger partial charge < -0.3 is 38.4 Å². The second-order valence-corrected chi connectivity index (χ2v) is 7.60. The molecular formula is C22H23NO8. The van der Waals surface area contributed by atoms with Crippen molar-refractivity contribution in [1.82, 2.24) is 4.90 Å². The average Bonchev–Trinajstić information content (AvgIpc) is 3.44. The first-order valence-electron chi connectivity index (χ1n) is 10.0. The summed E-state index contributed by atoms with van der Waals surface area (Å²) in [5.74, 6) is 2.43. The van der Waals surface area contributed by atoms with Crippen LogP contribution < -0.4 is 18.9 Å². The van der Waals surface area contributed by atoms with Crippen molar-refractivity contribution in [3.63, 3.8) is 0 Å². The molecule has 3 aliphatic heterocycles. The molecule has 2 atom stereocenters. The quantitative estimate of drug-likeness (QED) is 0.793. The van der Waals surface area contributed by atoms with Crippen molar-refractivity contribution in [2.45, 2.75) is 25.2 Å². The third-order valence-electron chi connectivity index (χ3n) is 5.80. The molecule has 2 unspecified atom stereocenters. The fraction of sp³-hybridized carbons (Fsp3) is 0.409. The largest absolute Gasteiger partial charge is 0.454 e. The number of nitrogens with zero attached hydrogens (tertiary/aromatic N) is 1. The Bertz CT molecular complexity index is 1020. The molecule has 1 N–H and O–H groups in total. The van der Waals surface area contributed by atoms with Gasteiger partial charge in [0.05, 0.1) is 18.8 Å².